The average Bonchev–Trinajstić information content (AvgIpc) is 2.57. The number of rotatable bonds is 79. The Bertz CT molecular complexity index is 1610. The molecule has 0 saturated carbocycles. The number of aliphatic hydroxyl groups is 1. The van der Waals surface area contributed by atoms with E-state index < -0.39 is 20.0 Å². The number of phosphoric acid groups is 1. The molecule has 0 aromatic heterocycles. The van der Waals surface area contributed by atoms with Gasteiger partial charge in [-0.05, 0) is 44.9 Å². The highest BCUT2D eigenvalue weighted by atomic mass is 31.2. The molecule has 3 N–H and O–H groups in total. The summed E-state index contributed by atoms with van der Waals surface area (Å²) in [5.74, 6) is -0.181. The van der Waals surface area contributed by atoms with Crippen molar-refractivity contribution in [2.24, 2.45) is 0 Å². The van der Waals surface area contributed by atoms with Gasteiger partial charge in [-0.25, -0.2) is 4.57 Å². The number of carbonyl (C=O) groups is 1. The minimum atomic E-state index is -4.37. The molecule has 0 spiro atoms. The molecule has 0 aliphatic rings. The molecule has 0 radical (unpaired) electrons. The summed E-state index contributed by atoms with van der Waals surface area (Å²) in [4.78, 5) is 23.5. The molecule has 0 aromatic rings. The van der Waals surface area contributed by atoms with Crippen molar-refractivity contribution in [1.82, 2.24) is 5.32 Å². The second-order valence-electron chi connectivity index (χ2n) is 30.2. The van der Waals surface area contributed by atoms with Crippen LogP contribution in [0.5, 0.6) is 0 Å². The maximum atomic E-state index is 13.1. The Labute approximate surface area is 582 Å². The number of quaternary nitrogens is 1. The van der Waals surface area contributed by atoms with Gasteiger partial charge in [-0.1, -0.05) is 429 Å². The number of nitrogens with zero attached hydrogens (tertiary/aromatic N) is 1. The van der Waals surface area contributed by atoms with Gasteiger partial charge in [0.1, 0.15) is 13.2 Å². The van der Waals surface area contributed by atoms with Crippen LogP contribution in [0, 0.1) is 0 Å². The van der Waals surface area contributed by atoms with Crippen molar-refractivity contribution in [2.45, 2.75) is 456 Å². The Balaban J connectivity index is 3.95. The van der Waals surface area contributed by atoms with E-state index in [1.165, 1.54) is 379 Å². The van der Waals surface area contributed by atoms with Gasteiger partial charge in [-0.15, -0.1) is 0 Å². The zero-order chi connectivity index (χ0) is 67.6. The van der Waals surface area contributed by atoms with Crippen molar-refractivity contribution in [3.8, 4) is 0 Å². The number of nitrogens with one attached hydrogen (secondary N) is 1. The quantitative estimate of drug-likeness (QED) is 0.0243. The molecule has 1 amide bonds. The van der Waals surface area contributed by atoms with Crippen LogP contribution in [0.3, 0.4) is 0 Å². The lowest BCUT2D eigenvalue weighted by atomic mass is 10.0. The lowest BCUT2D eigenvalue weighted by Gasteiger charge is -2.25. The first-order valence-electron chi connectivity index (χ1n) is 41.9. The number of aliphatic hydroxyl groups excluding tert-OH is 1. The Hall–Kier alpha value is -1.28. The second-order valence-corrected chi connectivity index (χ2v) is 31.7. The summed E-state index contributed by atoms with van der Waals surface area (Å²) in [5.41, 5.74) is 0. The first-order valence-corrected chi connectivity index (χ1v) is 43.4. The van der Waals surface area contributed by atoms with E-state index in [-0.39, 0.29) is 19.1 Å². The summed E-state index contributed by atoms with van der Waals surface area (Å²) < 4.78 is 23.9. The number of hydrogen-bond donors (Lipinski definition) is 3. The molecule has 9 heteroatoms. The molecule has 0 heterocycles. The smallest absolute Gasteiger partial charge is 0.387 e. The molecule has 0 fully saturated rings. The first-order chi connectivity index (χ1) is 45.5. The number of hydrogen-bond acceptors (Lipinski definition) is 5. The minimum absolute atomic E-state index is 0.0556. The molecule has 93 heavy (non-hydrogen) atoms. The summed E-state index contributed by atoms with van der Waals surface area (Å²) in [7, 11) is 1.57. The third kappa shape index (κ3) is 77.9. The molecule has 3 unspecified atom stereocenters. The van der Waals surface area contributed by atoms with Crippen molar-refractivity contribution in [1.29, 1.82) is 0 Å². The van der Waals surface area contributed by atoms with Crippen molar-refractivity contribution in [2.75, 3.05) is 40.9 Å². The fourth-order valence-electron chi connectivity index (χ4n) is 13.1. The van der Waals surface area contributed by atoms with Gasteiger partial charge in [0.2, 0.25) is 5.91 Å². The number of phosphoric ester groups is 1. The highest BCUT2D eigenvalue weighted by Gasteiger charge is 2.28. The summed E-state index contributed by atoms with van der Waals surface area (Å²) in [6.45, 7) is 4.86. The average molecular weight is 1330 g/mol. The van der Waals surface area contributed by atoms with Crippen LogP contribution in [0.25, 0.3) is 0 Å². The van der Waals surface area contributed by atoms with Gasteiger partial charge < -0.3 is 19.8 Å². The largest absolute Gasteiger partial charge is 0.472 e. The van der Waals surface area contributed by atoms with E-state index in [1.54, 1.807) is 6.08 Å². The van der Waals surface area contributed by atoms with Crippen LogP contribution in [0.1, 0.15) is 444 Å². The number of amides is 1. The van der Waals surface area contributed by atoms with Gasteiger partial charge in [-0.3, -0.25) is 13.8 Å². The lowest BCUT2D eigenvalue weighted by Crippen LogP contribution is -2.45. The molecular formula is C84H166N2O6P+. The number of allylic oxidation sites excluding steroid dienone is 5. The fourth-order valence-corrected chi connectivity index (χ4v) is 13.9. The van der Waals surface area contributed by atoms with Crippen LogP contribution >= 0.6 is 7.82 Å². The maximum absolute atomic E-state index is 13.1. The number of carbonyl (C=O) groups excluding carboxylic acids is 1. The predicted octanol–water partition coefficient (Wildman–Crippen LogP) is 27.5. The Morgan fingerprint density at radius 1 is 0.355 bits per heavy atom. The summed E-state index contributed by atoms with van der Waals surface area (Å²) in [6, 6.07) is -0.871. The first kappa shape index (κ1) is 91.7. The highest BCUT2D eigenvalue weighted by molar-refractivity contribution is 7.47. The van der Waals surface area contributed by atoms with Gasteiger partial charge in [0.25, 0.3) is 0 Å². The third-order valence-corrected chi connectivity index (χ3v) is 20.6. The minimum Gasteiger partial charge on any atom is -0.387 e. The lowest BCUT2D eigenvalue weighted by molar-refractivity contribution is -0.870. The molecule has 0 bridgehead atoms. The predicted molar refractivity (Wildman–Crippen MR) is 411 cm³/mol. The summed E-state index contributed by atoms with van der Waals surface area (Å²) in [5, 5.41) is 14.0. The van der Waals surface area contributed by atoms with E-state index in [9.17, 15) is 19.4 Å². The molecule has 0 rings (SSSR count). The Kier molecular flexibility index (Phi) is 73.9. The number of likely N-dealkylation sites (N-methyl/N-ethyl adjacent to an activating group) is 1. The van der Waals surface area contributed by atoms with Crippen LogP contribution < -0.4 is 5.32 Å². The molecule has 0 saturated heterocycles. The van der Waals surface area contributed by atoms with Crippen LogP contribution in [0.4, 0.5) is 0 Å². The van der Waals surface area contributed by atoms with Gasteiger partial charge >= 0.3 is 7.82 Å². The summed E-state index contributed by atoms with van der Waals surface area (Å²) in [6.07, 6.45) is 102. The third-order valence-electron chi connectivity index (χ3n) is 19.6. The topological polar surface area (TPSA) is 105 Å². The maximum Gasteiger partial charge on any atom is 0.472 e. The Morgan fingerprint density at radius 3 is 0.860 bits per heavy atom. The van der Waals surface area contributed by atoms with Crippen molar-refractivity contribution < 1.29 is 32.9 Å². The van der Waals surface area contributed by atoms with Gasteiger partial charge in [-0.2, -0.15) is 0 Å². The van der Waals surface area contributed by atoms with E-state index >= 15 is 0 Å². The van der Waals surface area contributed by atoms with E-state index in [4.69, 9.17) is 9.05 Å². The zero-order valence-corrected chi connectivity index (χ0v) is 64.4. The monoisotopic (exact) mass is 1330 g/mol. The van der Waals surface area contributed by atoms with Crippen LogP contribution in [0.2, 0.25) is 0 Å². The Morgan fingerprint density at radius 2 is 0.591 bits per heavy atom. The van der Waals surface area contributed by atoms with Crippen LogP contribution in [0.15, 0.2) is 36.5 Å². The van der Waals surface area contributed by atoms with Crippen LogP contribution in [-0.2, 0) is 18.4 Å². The molecule has 8 nitrogen and oxygen atoms in total. The molecule has 0 aliphatic heterocycles. The van der Waals surface area contributed by atoms with E-state index in [0.29, 0.717) is 17.4 Å². The van der Waals surface area contributed by atoms with E-state index in [2.05, 4.69) is 43.5 Å². The van der Waals surface area contributed by atoms with E-state index in [1.807, 2.05) is 27.2 Å². The van der Waals surface area contributed by atoms with Gasteiger partial charge in [0.15, 0.2) is 0 Å². The summed E-state index contributed by atoms with van der Waals surface area (Å²) >= 11 is 0. The fraction of sp³-hybridized carbons (Fsp3) is 0.917. The van der Waals surface area contributed by atoms with Crippen LogP contribution in [-0.4, -0.2) is 73.4 Å². The highest BCUT2D eigenvalue weighted by Crippen LogP contribution is 2.43. The van der Waals surface area contributed by atoms with Gasteiger partial charge in [0.05, 0.1) is 39.9 Å². The molecule has 552 valence electrons. The number of unbranched alkanes of at least 4 members (excludes halogenated alkanes) is 62. The van der Waals surface area contributed by atoms with Crippen molar-refractivity contribution >= 4 is 13.7 Å². The second kappa shape index (κ2) is 74.9. The molecule has 0 aliphatic carbocycles. The zero-order valence-electron chi connectivity index (χ0n) is 63.5. The van der Waals surface area contributed by atoms with Gasteiger partial charge in [0, 0.05) is 6.42 Å². The molecule has 0 aromatic carbocycles. The van der Waals surface area contributed by atoms with Crippen molar-refractivity contribution in [3.63, 3.8) is 0 Å². The molecule has 3 atom stereocenters. The van der Waals surface area contributed by atoms with E-state index in [0.717, 1.165) is 44.9 Å². The SMILES string of the molecule is CCCCCCCCCCCCCCCCCCCCCCCC/C=C/CC/C=C/CC/C=C/C(O)C(COP(=O)(O)OCC[N+](C)(C)C)NC(=O)CCCCCCCCCCCCCCCCCCCCCCCCCCCCCCCCCCCCCCCCC. The molecular weight excluding hydrogens is 1160 g/mol. The van der Waals surface area contributed by atoms with Crippen molar-refractivity contribution in [3.05, 3.63) is 36.5 Å². The standard InChI is InChI=1S/C84H165N2O6P/c1-6-8-10-12-14-16-18-20-22-24-26-28-30-32-34-36-38-40-41-42-43-44-45-46-48-50-52-54-56-58-60-62-64-66-68-70-72-74-76-78-84(88)85-82(81-92-93(89,90)91-80-79-86(3,4)5)83(87)77-75-73-71-69-67-65-63-61-59-57-55-53-51-49-47-39-37-35-33-31-29-27-25-23-21-19-17-15-13-11-9-7-2/h59,61,67,69,75,77,82-83,87H,6-58,60,62-66,68,70-74,76,78-81H2,1-5H3,(H-,85,88,89,90)/p+1/b61-59+,69-67+,77-75+. The normalized spacial score (nSPS) is 13.6.